The molecule has 2 aromatic rings. The number of nitrogens with zero attached hydrogens (tertiary/aromatic N) is 2. The summed E-state index contributed by atoms with van der Waals surface area (Å²) in [5.74, 6) is -3.10. The lowest BCUT2D eigenvalue weighted by atomic mass is 10.2. The number of rotatable bonds is 5. The molecule has 9 nitrogen and oxygen atoms in total. The molecule has 130 valence electrons. The Morgan fingerprint density at radius 2 is 1.96 bits per heavy atom. The number of carbonyl (C=O) groups excluding carboxylic acids is 2. The third-order valence-corrected chi connectivity index (χ3v) is 2.94. The van der Waals surface area contributed by atoms with E-state index in [1.54, 1.807) is 6.92 Å². The maximum atomic E-state index is 13.4. The van der Waals surface area contributed by atoms with E-state index in [2.05, 4.69) is 4.98 Å². The third-order valence-electron chi connectivity index (χ3n) is 2.94. The normalized spacial score (nSPS) is 10.0. The van der Waals surface area contributed by atoms with E-state index in [1.807, 2.05) is 10.9 Å². The second-order valence-electron chi connectivity index (χ2n) is 4.80. The lowest BCUT2D eigenvalue weighted by Gasteiger charge is -2.09. The standard InChI is InChI=1S/C15H13FN4O5/c1-9-6-7-12(14(17-9)20(23)24)25-8-13(21)18-19-15(22)10-4-2-3-5-11(10)16/h2-7H,8H2,1H3,(H,18,21)(H,19,22). The number of nitro groups is 1. The molecule has 1 aromatic carbocycles. The van der Waals surface area contributed by atoms with Gasteiger partial charge in [0.05, 0.1) is 5.56 Å². The molecule has 25 heavy (non-hydrogen) atoms. The van der Waals surface area contributed by atoms with Crippen LogP contribution in [0.1, 0.15) is 16.1 Å². The van der Waals surface area contributed by atoms with Gasteiger partial charge in [-0.05, 0) is 34.2 Å². The lowest BCUT2D eigenvalue weighted by molar-refractivity contribution is -0.390. The van der Waals surface area contributed by atoms with Crippen LogP contribution in [-0.4, -0.2) is 28.3 Å². The first-order valence-corrected chi connectivity index (χ1v) is 6.97. The second-order valence-corrected chi connectivity index (χ2v) is 4.80. The molecule has 0 atom stereocenters. The Morgan fingerprint density at radius 1 is 1.24 bits per heavy atom. The predicted molar refractivity (Wildman–Crippen MR) is 83.1 cm³/mol. The van der Waals surface area contributed by atoms with Gasteiger partial charge in [-0.15, -0.1) is 0 Å². The van der Waals surface area contributed by atoms with Gasteiger partial charge < -0.3 is 14.9 Å². The number of hydrogen-bond acceptors (Lipinski definition) is 6. The van der Waals surface area contributed by atoms with Crippen molar-refractivity contribution >= 4 is 17.6 Å². The van der Waals surface area contributed by atoms with Crippen LogP contribution in [0.15, 0.2) is 36.4 Å². The third kappa shape index (κ3) is 4.70. The first-order valence-electron chi connectivity index (χ1n) is 6.97. The highest BCUT2D eigenvalue weighted by Gasteiger charge is 2.19. The van der Waals surface area contributed by atoms with Crippen LogP contribution in [0.3, 0.4) is 0 Å². The summed E-state index contributed by atoms with van der Waals surface area (Å²) >= 11 is 0. The summed E-state index contributed by atoms with van der Waals surface area (Å²) in [6.07, 6.45) is 0. The average molecular weight is 348 g/mol. The molecule has 2 amide bonds. The zero-order valence-electron chi connectivity index (χ0n) is 13.0. The van der Waals surface area contributed by atoms with E-state index in [-0.39, 0.29) is 11.3 Å². The van der Waals surface area contributed by atoms with Gasteiger partial charge in [-0.3, -0.25) is 20.4 Å². The minimum atomic E-state index is -0.852. The van der Waals surface area contributed by atoms with Gasteiger partial charge in [0.25, 0.3) is 11.8 Å². The first kappa shape index (κ1) is 17.8. The fourth-order valence-electron chi connectivity index (χ4n) is 1.79. The van der Waals surface area contributed by atoms with Crippen molar-refractivity contribution in [3.63, 3.8) is 0 Å². The average Bonchev–Trinajstić information content (AvgIpc) is 2.58. The largest absolute Gasteiger partial charge is 0.476 e. The number of pyridine rings is 1. The van der Waals surface area contributed by atoms with Gasteiger partial charge in [0.2, 0.25) is 5.75 Å². The maximum absolute atomic E-state index is 13.4. The van der Waals surface area contributed by atoms with E-state index in [1.165, 1.54) is 30.3 Å². The lowest BCUT2D eigenvalue weighted by Crippen LogP contribution is -2.44. The molecule has 0 spiro atoms. The van der Waals surface area contributed by atoms with Crippen molar-refractivity contribution < 1.29 is 23.6 Å². The van der Waals surface area contributed by atoms with Crippen LogP contribution in [0.4, 0.5) is 10.2 Å². The summed E-state index contributed by atoms with van der Waals surface area (Å²) in [6, 6.07) is 8.03. The minimum absolute atomic E-state index is 0.189. The van der Waals surface area contributed by atoms with Gasteiger partial charge in [0.1, 0.15) is 11.5 Å². The van der Waals surface area contributed by atoms with Gasteiger partial charge >= 0.3 is 5.82 Å². The second kappa shape index (κ2) is 7.81. The SMILES string of the molecule is Cc1ccc(OCC(=O)NNC(=O)c2ccccc2F)c([N+](=O)[O-])n1. The molecule has 0 fully saturated rings. The van der Waals surface area contributed by atoms with Crippen LogP contribution < -0.4 is 15.6 Å². The van der Waals surface area contributed by atoms with Gasteiger partial charge in [-0.25, -0.2) is 4.39 Å². The number of hydrazine groups is 1. The van der Waals surface area contributed by atoms with E-state index in [0.717, 1.165) is 6.07 Å². The zero-order valence-corrected chi connectivity index (χ0v) is 13.0. The Hall–Kier alpha value is -3.56. The van der Waals surface area contributed by atoms with E-state index in [9.17, 15) is 24.1 Å². The number of aromatic nitrogens is 1. The van der Waals surface area contributed by atoms with Crippen molar-refractivity contribution in [1.82, 2.24) is 15.8 Å². The molecule has 2 N–H and O–H groups in total. The summed E-state index contributed by atoms with van der Waals surface area (Å²) in [6.45, 7) is 0.963. The Balaban J connectivity index is 1.90. The van der Waals surface area contributed by atoms with Crippen LogP contribution in [0.2, 0.25) is 0 Å². The highest BCUT2D eigenvalue weighted by molar-refractivity contribution is 5.95. The van der Waals surface area contributed by atoms with Crippen molar-refractivity contribution in [2.24, 2.45) is 0 Å². The number of amides is 2. The summed E-state index contributed by atoms with van der Waals surface area (Å²) in [4.78, 5) is 37.2. The number of halogens is 1. The molecule has 0 unspecified atom stereocenters. The van der Waals surface area contributed by atoms with Crippen molar-refractivity contribution in [3.05, 3.63) is 63.6 Å². The Morgan fingerprint density at radius 3 is 2.64 bits per heavy atom. The van der Waals surface area contributed by atoms with E-state index < -0.39 is 35.0 Å². The number of hydrogen-bond donors (Lipinski definition) is 2. The minimum Gasteiger partial charge on any atom is -0.476 e. The molecule has 1 aromatic heterocycles. The smallest absolute Gasteiger partial charge is 0.406 e. The molecule has 0 aliphatic rings. The predicted octanol–water partition coefficient (Wildman–Crippen LogP) is 1.28. The fraction of sp³-hybridized carbons (Fsp3) is 0.133. The van der Waals surface area contributed by atoms with Crippen molar-refractivity contribution in [2.45, 2.75) is 6.92 Å². The quantitative estimate of drug-likeness (QED) is 0.620. The number of ether oxygens (including phenoxy) is 1. The van der Waals surface area contributed by atoms with Crippen LogP contribution >= 0.6 is 0 Å². The molecule has 0 saturated heterocycles. The Labute approximate surface area is 140 Å². The summed E-state index contributed by atoms with van der Waals surface area (Å²) in [5, 5.41) is 10.9. The molecular weight excluding hydrogens is 335 g/mol. The molecule has 0 saturated carbocycles. The molecule has 2 rings (SSSR count). The number of aryl methyl sites for hydroxylation is 1. The molecular formula is C15H13FN4O5. The fourth-order valence-corrected chi connectivity index (χ4v) is 1.79. The number of nitrogens with one attached hydrogen (secondary N) is 2. The monoisotopic (exact) mass is 348 g/mol. The van der Waals surface area contributed by atoms with Gasteiger partial charge in [-0.1, -0.05) is 12.1 Å². The molecule has 1 heterocycles. The first-order chi connectivity index (χ1) is 11.9. The van der Waals surface area contributed by atoms with Crippen molar-refractivity contribution in [1.29, 1.82) is 0 Å². The van der Waals surface area contributed by atoms with Crippen molar-refractivity contribution in [3.8, 4) is 5.75 Å². The highest BCUT2D eigenvalue weighted by Crippen LogP contribution is 2.24. The Bertz CT molecular complexity index is 827. The summed E-state index contributed by atoms with van der Waals surface area (Å²) in [5.41, 5.74) is 4.20. The summed E-state index contributed by atoms with van der Waals surface area (Å²) in [7, 11) is 0. The molecule has 0 radical (unpaired) electrons. The summed E-state index contributed by atoms with van der Waals surface area (Å²) < 4.78 is 18.5. The van der Waals surface area contributed by atoms with E-state index in [4.69, 9.17) is 4.74 Å². The molecule has 10 heteroatoms. The Kier molecular flexibility index (Phi) is 5.56. The van der Waals surface area contributed by atoms with Crippen LogP contribution in [0, 0.1) is 22.9 Å². The van der Waals surface area contributed by atoms with E-state index in [0.29, 0.717) is 5.69 Å². The van der Waals surface area contributed by atoms with Crippen LogP contribution in [0.5, 0.6) is 5.75 Å². The van der Waals surface area contributed by atoms with E-state index >= 15 is 0 Å². The number of carbonyl (C=O) groups is 2. The molecule has 0 bridgehead atoms. The van der Waals surface area contributed by atoms with Crippen LogP contribution in [0.25, 0.3) is 0 Å². The van der Waals surface area contributed by atoms with Crippen molar-refractivity contribution in [2.75, 3.05) is 6.61 Å². The molecule has 0 aliphatic heterocycles. The van der Waals surface area contributed by atoms with Crippen LogP contribution in [-0.2, 0) is 4.79 Å². The highest BCUT2D eigenvalue weighted by atomic mass is 19.1. The van der Waals surface area contributed by atoms with Gasteiger partial charge in [0, 0.05) is 6.92 Å². The van der Waals surface area contributed by atoms with Gasteiger partial charge in [-0.2, -0.15) is 0 Å². The zero-order chi connectivity index (χ0) is 18.4. The van der Waals surface area contributed by atoms with Gasteiger partial charge in [0.15, 0.2) is 6.61 Å². The number of benzene rings is 1. The maximum Gasteiger partial charge on any atom is 0.406 e. The molecule has 0 aliphatic carbocycles. The topological polar surface area (TPSA) is 123 Å².